The number of aromatic nitrogens is 2. The predicted molar refractivity (Wildman–Crippen MR) is 77.5 cm³/mol. The van der Waals surface area contributed by atoms with Crippen LogP contribution in [0, 0.1) is 6.92 Å². The number of hydrazine groups is 1. The second-order valence-corrected chi connectivity index (χ2v) is 5.11. The Morgan fingerprint density at radius 2 is 2.00 bits per heavy atom. The van der Waals surface area contributed by atoms with E-state index in [1.54, 1.807) is 0 Å². The average Bonchev–Trinajstić information content (AvgIpc) is 2.82. The Hall–Kier alpha value is -1.65. The molecule has 2 aromatic rings. The lowest BCUT2D eigenvalue weighted by Gasteiger charge is -2.14. The van der Waals surface area contributed by atoms with Gasteiger partial charge in [0.15, 0.2) is 0 Å². The molecule has 1 atom stereocenters. The third kappa shape index (κ3) is 4.19. The second kappa shape index (κ2) is 6.50. The van der Waals surface area contributed by atoms with Gasteiger partial charge in [0.2, 0.25) is 0 Å². The maximum Gasteiger partial charge on any atom is 0.0522 e. The highest BCUT2D eigenvalue weighted by Gasteiger charge is 2.09. The van der Waals surface area contributed by atoms with Crippen LogP contribution in [-0.2, 0) is 19.9 Å². The summed E-state index contributed by atoms with van der Waals surface area (Å²) in [5.74, 6) is 5.64. The van der Waals surface area contributed by atoms with Crippen molar-refractivity contribution in [2.24, 2.45) is 12.9 Å². The van der Waals surface area contributed by atoms with Crippen molar-refractivity contribution in [2.75, 3.05) is 0 Å². The van der Waals surface area contributed by atoms with Crippen LogP contribution in [0.4, 0.5) is 0 Å². The minimum Gasteiger partial charge on any atom is -0.276 e. The fourth-order valence-electron chi connectivity index (χ4n) is 2.20. The third-order valence-corrected chi connectivity index (χ3v) is 3.38. The molecule has 1 aromatic carbocycles. The number of nitrogens with one attached hydrogen (secondary N) is 1. The largest absolute Gasteiger partial charge is 0.276 e. The topological polar surface area (TPSA) is 55.9 Å². The SMILES string of the molecule is Cc1ccc(CCC(Cc2cnn(C)c2)NN)cc1. The highest BCUT2D eigenvalue weighted by atomic mass is 15.2. The molecule has 0 aliphatic rings. The van der Waals surface area contributed by atoms with Gasteiger partial charge in [0.05, 0.1) is 6.20 Å². The van der Waals surface area contributed by atoms with E-state index in [-0.39, 0.29) is 6.04 Å². The first-order valence-electron chi connectivity index (χ1n) is 6.66. The summed E-state index contributed by atoms with van der Waals surface area (Å²) in [4.78, 5) is 0. The van der Waals surface area contributed by atoms with Crippen molar-refractivity contribution in [3.8, 4) is 0 Å². The van der Waals surface area contributed by atoms with E-state index < -0.39 is 0 Å². The Kier molecular flexibility index (Phi) is 4.71. The van der Waals surface area contributed by atoms with Gasteiger partial charge in [0, 0.05) is 19.3 Å². The van der Waals surface area contributed by atoms with Crippen molar-refractivity contribution in [3.05, 3.63) is 53.3 Å². The van der Waals surface area contributed by atoms with E-state index in [2.05, 4.69) is 41.7 Å². The lowest BCUT2D eigenvalue weighted by Crippen LogP contribution is -2.37. The van der Waals surface area contributed by atoms with Crippen molar-refractivity contribution in [1.82, 2.24) is 15.2 Å². The summed E-state index contributed by atoms with van der Waals surface area (Å²) in [6.45, 7) is 2.11. The molecule has 0 amide bonds. The molecule has 0 radical (unpaired) electrons. The molecule has 102 valence electrons. The molecule has 3 N–H and O–H groups in total. The van der Waals surface area contributed by atoms with Crippen molar-refractivity contribution in [1.29, 1.82) is 0 Å². The van der Waals surface area contributed by atoms with Crippen molar-refractivity contribution >= 4 is 0 Å². The minimum atomic E-state index is 0.283. The van der Waals surface area contributed by atoms with Crippen LogP contribution in [0.25, 0.3) is 0 Å². The van der Waals surface area contributed by atoms with Crippen LogP contribution < -0.4 is 11.3 Å². The van der Waals surface area contributed by atoms with E-state index in [9.17, 15) is 0 Å². The van der Waals surface area contributed by atoms with E-state index in [0.29, 0.717) is 0 Å². The van der Waals surface area contributed by atoms with Gasteiger partial charge in [0.1, 0.15) is 0 Å². The van der Waals surface area contributed by atoms with Crippen LogP contribution in [0.3, 0.4) is 0 Å². The molecule has 0 saturated heterocycles. The molecule has 0 aliphatic heterocycles. The van der Waals surface area contributed by atoms with E-state index >= 15 is 0 Å². The van der Waals surface area contributed by atoms with Gasteiger partial charge in [-0.15, -0.1) is 0 Å². The summed E-state index contributed by atoms with van der Waals surface area (Å²) >= 11 is 0. The molecule has 4 heteroatoms. The van der Waals surface area contributed by atoms with Gasteiger partial charge in [-0.1, -0.05) is 29.8 Å². The fraction of sp³-hybridized carbons (Fsp3) is 0.400. The molecule has 19 heavy (non-hydrogen) atoms. The van der Waals surface area contributed by atoms with Gasteiger partial charge in [-0.05, 0) is 37.3 Å². The summed E-state index contributed by atoms with van der Waals surface area (Å²) in [5, 5.41) is 4.18. The van der Waals surface area contributed by atoms with Gasteiger partial charge in [-0.25, -0.2) is 0 Å². The summed E-state index contributed by atoms with van der Waals surface area (Å²) in [5.41, 5.74) is 6.78. The molecule has 1 unspecified atom stereocenters. The van der Waals surface area contributed by atoms with E-state index in [0.717, 1.165) is 19.3 Å². The normalized spacial score (nSPS) is 12.6. The molecule has 0 spiro atoms. The van der Waals surface area contributed by atoms with Gasteiger partial charge in [0.25, 0.3) is 0 Å². The smallest absolute Gasteiger partial charge is 0.0522 e. The zero-order valence-electron chi connectivity index (χ0n) is 11.6. The first kappa shape index (κ1) is 13.8. The van der Waals surface area contributed by atoms with Gasteiger partial charge in [-0.3, -0.25) is 16.0 Å². The highest BCUT2D eigenvalue weighted by molar-refractivity contribution is 5.21. The summed E-state index contributed by atoms with van der Waals surface area (Å²) < 4.78 is 1.82. The van der Waals surface area contributed by atoms with E-state index in [4.69, 9.17) is 5.84 Å². The van der Waals surface area contributed by atoms with Crippen LogP contribution >= 0.6 is 0 Å². The zero-order valence-corrected chi connectivity index (χ0v) is 11.6. The number of rotatable bonds is 6. The highest BCUT2D eigenvalue weighted by Crippen LogP contribution is 2.10. The van der Waals surface area contributed by atoms with Crippen LogP contribution in [0.1, 0.15) is 23.1 Å². The lowest BCUT2D eigenvalue weighted by molar-refractivity contribution is 0.491. The standard InChI is InChI=1S/C15H22N4/c1-12-3-5-13(6-4-12)7-8-15(18-16)9-14-10-17-19(2)11-14/h3-6,10-11,15,18H,7-9,16H2,1-2H3. The summed E-state index contributed by atoms with van der Waals surface area (Å²) in [7, 11) is 1.93. The number of nitrogens with zero attached hydrogens (tertiary/aromatic N) is 2. The molecular weight excluding hydrogens is 236 g/mol. The van der Waals surface area contributed by atoms with Gasteiger partial charge >= 0.3 is 0 Å². The van der Waals surface area contributed by atoms with E-state index in [1.807, 2.05) is 24.1 Å². The Morgan fingerprint density at radius 3 is 2.58 bits per heavy atom. The number of hydrogen-bond acceptors (Lipinski definition) is 3. The number of aryl methyl sites for hydroxylation is 3. The van der Waals surface area contributed by atoms with Crippen LogP contribution in [0.5, 0.6) is 0 Å². The fourth-order valence-corrected chi connectivity index (χ4v) is 2.20. The molecule has 4 nitrogen and oxygen atoms in total. The van der Waals surface area contributed by atoms with Gasteiger partial charge in [-0.2, -0.15) is 5.10 Å². The van der Waals surface area contributed by atoms with Crippen molar-refractivity contribution in [2.45, 2.75) is 32.2 Å². The molecule has 0 fully saturated rings. The first-order valence-corrected chi connectivity index (χ1v) is 6.66. The molecule has 0 saturated carbocycles. The number of nitrogens with two attached hydrogens (primary N) is 1. The maximum atomic E-state index is 5.64. The predicted octanol–water partition coefficient (Wildman–Crippen LogP) is 1.74. The van der Waals surface area contributed by atoms with E-state index in [1.165, 1.54) is 16.7 Å². The second-order valence-electron chi connectivity index (χ2n) is 5.11. The number of benzene rings is 1. The monoisotopic (exact) mass is 258 g/mol. The molecular formula is C15H22N4. The average molecular weight is 258 g/mol. The molecule has 0 aliphatic carbocycles. The maximum absolute atomic E-state index is 5.64. The van der Waals surface area contributed by atoms with Crippen LogP contribution in [0.2, 0.25) is 0 Å². The molecule has 0 bridgehead atoms. The Bertz CT molecular complexity index is 501. The van der Waals surface area contributed by atoms with Crippen molar-refractivity contribution < 1.29 is 0 Å². The van der Waals surface area contributed by atoms with Crippen LogP contribution in [-0.4, -0.2) is 15.8 Å². The summed E-state index contributed by atoms with van der Waals surface area (Å²) in [6.07, 6.45) is 6.91. The lowest BCUT2D eigenvalue weighted by atomic mass is 10.0. The van der Waals surface area contributed by atoms with Crippen LogP contribution in [0.15, 0.2) is 36.7 Å². The molecule has 1 aromatic heterocycles. The molecule has 2 rings (SSSR count). The Morgan fingerprint density at radius 1 is 1.26 bits per heavy atom. The Labute approximate surface area is 114 Å². The minimum absolute atomic E-state index is 0.283. The quantitative estimate of drug-likeness (QED) is 0.613. The van der Waals surface area contributed by atoms with Crippen molar-refractivity contribution in [3.63, 3.8) is 0 Å². The third-order valence-electron chi connectivity index (χ3n) is 3.38. The Balaban J connectivity index is 1.87. The summed E-state index contributed by atoms with van der Waals surface area (Å²) in [6, 6.07) is 8.97. The zero-order chi connectivity index (χ0) is 13.7. The first-order chi connectivity index (χ1) is 9.17. The number of hydrogen-bond donors (Lipinski definition) is 2. The molecule has 1 heterocycles. The van der Waals surface area contributed by atoms with Gasteiger partial charge < -0.3 is 0 Å².